The van der Waals surface area contributed by atoms with E-state index in [1.165, 1.54) is 0 Å². The minimum absolute atomic E-state index is 0.000961. The second-order valence-electron chi connectivity index (χ2n) is 10.4. The highest BCUT2D eigenvalue weighted by Gasteiger charge is 2.87. The number of allylic oxidation sites excluding steroid dienone is 1. The smallest absolute Gasteiger partial charge is 0.350 e. The molecule has 2 heterocycles. The number of piperidine rings is 1. The van der Waals surface area contributed by atoms with Crippen LogP contribution in [0, 0.1) is 17.8 Å². The van der Waals surface area contributed by atoms with E-state index in [4.69, 9.17) is 20.3 Å². The molecule has 5 N–H and O–H groups in total. The number of nitrogens with one attached hydrogen (secondary N) is 1. The monoisotopic (exact) mass is 478 g/mol. The SMILES string of the molecule is CC(CCC1CCNC(N)C1)=C(CO)CC12OC1(C(=O)OCCO)C(=O)C1CCCCC1C2=O. The number of esters is 1. The summed E-state index contributed by atoms with van der Waals surface area (Å²) in [5.74, 6) is -2.01. The van der Waals surface area contributed by atoms with Crippen molar-refractivity contribution in [3.05, 3.63) is 11.1 Å². The maximum absolute atomic E-state index is 13.7. The summed E-state index contributed by atoms with van der Waals surface area (Å²) >= 11 is 0. The van der Waals surface area contributed by atoms with Crippen LogP contribution in [0.5, 0.6) is 0 Å². The molecule has 0 aromatic heterocycles. The molecule has 2 aliphatic heterocycles. The number of aliphatic hydroxyl groups is 2. The van der Waals surface area contributed by atoms with Gasteiger partial charge in [0.2, 0.25) is 0 Å². The zero-order valence-corrected chi connectivity index (χ0v) is 20.0. The molecule has 0 bridgehead atoms. The van der Waals surface area contributed by atoms with Gasteiger partial charge in [0.15, 0.2) is 17.2 Å². The Hall–Kier alpha value is -1.65. The standard InChI is InChI=1S/C25H38N2O7/c1-15(6-7-16-8-9-27-20(26)12-16)17(14-29)13-24-21(30)18-4-2-3-5-19(18)22(31)25(24,34-24)23(32)33-11-10-28/h16,18-20,27-29H,2-14,26H2,1H3. The van der Waals surface area contributed by atoms with Crippen LogP contribution in [0.1, 0.15) is 64.7 Å². The quantitative estimate of drug-likeness (QED) is 0.163. The van der Waals surface area contributed by atoms with Crippen LogP contribution in [-0.2, 0) is 23.9 Å². The summed E-state index contributed by atoms with van der Waals surface area (Å²) in [4.78, 5) is 40.3. The van der Waals surface area contributed by atoms with Crippen molar-refractivity contribution < 1.29 is 34.1 Å². The molecule has 34 heavy (non-hydrogen) atoms. The van der Waals surface area contributed by atoms with Crippen LogP contribution in [0.3, 0.4) is 0 Å². The summed E-state index contributed by atoms with van der Waals surface area (Å²) in [5.41, 5.74) is 4.01. The van der Waals surface area contributed by atoms with Gasteiger partial charge in [-0.25, -0.2) is 4.79 Å². The summed E-state index contributed by atoms with van der Waals surface area (Å²) in [6, 6.07) is 0. The van der Waals surface area contributed by atoms with Crippen LogP contribution in [0.4, 0.5) is 0 Å². The fourth-order valence-corrected chi connectivity index (χ4v) is 6.36. The third kappa shape index (κ3) is 4.26. The van der Waals surface area contributed by atoms with Crippen molar-refractivity contribution in [1.82, 2.24) is 5.32 Å². The molecule has 9 nitrogen and oxygen atoms in total. The number of Topliss-reactive ketones (excluding diaryl/α,β-unsaturated/α-hetero) is 2. The van der Waals surface area contributed by atoms with E-state index in [0.29, 0.717) is 24.3 Å². The number of ketones is 2. The molecule has 0 radical (unpaired) electrons. The van der Waals surface area contributed by atoms with Crippen molar-refractivity contribution in [2.75, 3.05) is 26.4 Å². The second-order valence-corrected chi connectivity index (χ2v) is 10.4. The van der Waals surface area contributed by atoms with Gasteiger partial charge < -0.3 is 30.7 Å². The van der Waals surface area contributed by atoms with Crippen molar-refractivity contribution in [1.29, 1.82) is 0 Å². The Labute approximate surface area is 200 Å². The van der Waals surface area contributed by atoms with Gasteiger partial charge in [0, 0.05) is 18.3 Å². The summed E-state index contributed by atoms with van der Waals surface area (Å²) in [5, 5.41) is 22.5. The number of nitrogens with two attached hydrogens (primary N) is 1. The lowest BCUT2D eigenvalue weighted by Gasteiger charge is -2.37. The third-order valence-electron chi connectivity index (χ3n) is 8.38. The van der Waals surface area contributed by atoms with E-state index in [2.05, 4.69) is 5.32 Å². The number of carbonyl (C=O) groups is 3. The van der Waals surface area contributed by atoms with E-state index < -0.39 is 29.0 Å². The van der Waals surface area contributed by atoms with Crippen LogP contribution in [0.15, 0.2) is 11.1 Å². The number of hydrogen-bond acceptors (Lipinski definition) is 9. The topological polar surface area (TPSA) is 151 Å². The number of fused-ring (bicyclic) bond motifs is 2. The fourth-order valence-electron chi connectivity index (χ4n) is 6.36. The highest BCUT2D eigenvalue weighted by molar-refractivity contribution is 6.23. The van der Waals surface area contributed by atoms with Crippen molar-refractivity contribution in [2.45, 2.75) is 82.1 Å². The number of epoxide rings is 1. The fraction of sp³-hybridized carbons (Fsp3) is 0.800. The highest BCUT2D eigenvalue weighted by Crippen LogP contribution is 2.62. The third-order valence-corrected chi connectivity index (χ3v) is 8.38. The predicted octanol–water partition coefficient (Wildman–Crippen LogP) is 0.751. The van der Waals surface area contributed by atoms with Crippen LogP contribution in [0.2, 0.25) is 0 Å². The van der Waals surface area contributed by atoms with Crippen LogP contribution in [-0.4, -0.2) is 71.5 Å². The van der Waals surface area contributed by atoms with Crippen LogP contribution < -0.4 is 11.1 Å². The molecular weight excluding hydrogens is 440 g/mol. The normalized spacial score (nSPS) is 38.0. The van der Waals surface area contributed by atoms with Gasteiger partial charge in [0.05, 0.1) is 19.4 Å². The van der Waals surface area contributed by atoms with Crippen LogP contribution >= 0.6 is 0 Å². The molecule has 190 valence electrons. The Morgan fingerprint density at radius 3 is 2.53 bits per heavy atom. The molecule has 0 amide bonds. The first-order chi connectivity index (χ1) is 16.3. The average molecular weight is 479 g/mol. The molecule has 0 spiro atoms. The molecule has 0 aromatic carbocycles. The van der Waals surface area contributed by atoms with Crippen molar-refractivity contribution in [3.63, 3.8) is 0 Å². The molecule has 6 atom stereocenters. The number of aliphatic hydroxyl groups excluding tert-OH is 2. The van der Waals surface area contributed by atoms with E-state index in [1.54, 1.807) is 0 Å². The molecule has 4 rings (SSSR count). The largest absolute Gasteiger partial charge is 0.461 e. The van der Waals surface area contributed by atoms with Gasteiger partial charge in [-0.15, -0.1) is 0 Å². The van der Waals surface area contributed by atoms with Gasteiger partial charge >= 0.3 is 5.97 Å². The van der Waals surface area contributed by atoms with E-state index in [1.807, 2.05) is 6.92 Å². The lowest BCUT2D eigenvalue weighted by atomic mass is 9.60. The van der Waals surface area contributed by atoms with Gasteiger partial charge in [-0.2, -0.15) is 0 Å². The predicted molar refractivity (Wildman–Crippen MR) is 122 cm³/mol. The molecule has 2 aliphatic carbocycles. The minimum Gasteiger partial charge on any atom is -0.461 e. The number of rotatable bonds is 9. The van der Waals surface area contributed by atoms with E-state index in [-0.39, 0.29) is 44.0 Å². The van der Waals surface area contributed by atoms with Gasteiger partial charge in [-0.3, -0.25) is 9.59 Å². The summed E-state index contributed by atoms with van der Waals surface area (Å²) in [7, 11) is 0. The molecule has 2 saturated heterocycles. The van der Waals surface area contributed by atoms with Gasteiger partial charge in [-0.1, -0.05) is 18.4 Å². The Balaban J connectivity index is 1.58. The first-order valence-electron chi connectivity index (χ1n) is 12.6. The Morgan fingerprint density at radius 2 is 1.88 bits per heavy atom. The summed E-state index contributed by atoms with van der Waals surface area (Å²) in [6.07, 6.45) is 6.44. The molecule has 9 heteroatoms. The Morgan fingerprint density at radius 1 is 1.18 bits per heavy atom. The van der Waals surface area contributed by atoms with Gasteiger partial charge in [0.25, 0.3) is 5.60 Å². The lowest BCUT2D eigenvalue weighted by molar-refractivity contribution is -0.159. The molecule has 0 aromatic rings. The van der Waals surface area contributed by atoms with Crippen LogP contribution in [0.25, 0.3) is 0 Å². The van der Waals surface area contributed by atoms with Crippen molar-refractivity contribution in [3.8, 4) is 0 Å². The first kappa shape index (κ1) is 25.4. The lowest BCUT2D eigenvalue weighted by Crippen LogP contribution is -2.58. The van der Waals surface area contributed by atoms with E-state index in [9.17, 15) is 19.5 Å². The first-order valence-corrected chi connectivity index (χ1v) is 12.6. The molecule has 2 saturated carbocycles. The number of hydrogen-bond donors (Lipinski definition) is 4. The molecule has 4 aliphatic rings. The zero-order chi connectivity index (χ0) is 24.5. The summed E-state index contributed by atoms with van der Waals surface area (Å²) < 4.78 is 11.0. The summed E-state index contributed by atoms with van der Waals surface area (Å²) in [6.45, 7) is 1.88. The second kappa shape index (κ2) is 10.1. The van der Waals surface area contributed by atoms with Crippen molar-refractivity contribution in [2.24, 2.45) is 23.5 Å². The van der Waals surface area contributed by atoms with E-state index >= 15 is 0 Å². The Bertz CT molecular complexity index is 858. The maximum Gasteiger partial charge on any atom is 0.350 e. The highest BCUT2D eigenvalue weighted by atomic mass is 16.7. The van der Waals surface area contributed by atoms with Gasteiger partial charge in [-0.05, 0) is 63.5 Å². The Kier molecular flexibility index (Phi) is 7.59. The zero-order valence-electron chi connectivity index (χ0n) is 20.0. The molecule has 4 fully saturated rings. The maximum atomic E-state index is 13.7. The average Bonchev–Trinajstić information content (AvgIpc) is 3.54. The van der Waals surface area contributed by atoms with Crippen molar-refractivity contribution >= 4 is 17.5 Å². The van der Waals surface area contributed by atoms with E-state index in [0.717, 1.165) is 50.6 Å². The minimum atomic E-state index is -1.96. The molecular formula is C25H38N2O7. The number of carbonyl (C=O) groups excluding carboxylic acids is 3. The van der Waals surface area contributed by atoms with Gasteiger partial charge in [0.1, 0.15) is 6.61 Å². The molecule has 6 unspecified atom stereocenters. The number of ether oxygens (including phenoxy) is 2.